The van der Waals surface area contributed by atoms with Crippen molar-refractivity contribution in [2.24, 2.45) is 0 Å². The molecule has 2 nitrogen and oxygen atoms in total. The van der Waals surface area contributed by atoms with Gasteiger partial charge in [-0.2, -0.15) is 0 Å². The van der Waals surface area contributed by atoms with Gasteiger partial charge in [0.25, 0.3) is 0 Å². The van der Waals surface area contributed by atoms with Gasteiger partial charge in [0, 0.05) is 11.3 Å². The van der Waals surface area contributed by atoms with Crippen LogP contribution in [0.5, 0.6) is 0 Å². The summed E-state index contributed by atoms with van der Waals surface area (Å²) in [4.78, 5) is 18.2. The second-order valence-electron chi connectivity index (χ2n) is 10.1. The maximum atomic E-state index is 13.3. The van der Waals surface area contributed by atoms with Gasteiger partial charge in [-0.3, -0.25) is 0 Å². The summed E-state index contributed by atoms with van der Waals surface area (Å²) in [7, 11) is -1.64. The number of hydrogen-bond donors (Lipinski definition) is 0. The minimum atomic E-state index is -1.64. The summed E-state index contributed by atoms with van der Waals surface area (Å²) < 4.78 is 0. The van der Waals surface area contributed by atoms with Crippen molar-refractivity contribution in [1.82, 2.24) is 4.98 Å². The largest absolute Gasteiger partial charge is 0.625 e. The van der Waals surface area contributed by atoms with Crippen LogP contribution in [0.1, 0.15) is 47.6 Å². The van der Waals surface area contributed by atoms with Crippen LogP contribution in [0.25, 0.3) is 32.0 Å². The van der Waals surface area contributed by atoms with E-state index in [2.05, 4.69) is 86.6 Å². The van der Waals surface area contributed by atoms with Crippen molar-refractivity contribution in [3.05, 3.63) is 131 Å². The van der Waals surface area contributed by atoms with Crippen molar-refractivity contribution >= 4 is 39.8 Å². The fourth-order valence-electron chi connectivity index (χ4n) is 6.00. The Balaban J connectivity index is 1.54. The summed E-state index contributed by atoms with van der Waals surface area (Å²) in [6.07, 6.45) is 0. The molecule has 6 aromatic rings. The Morgan fingerprint density at radius 3 is 2.20 bits per heavy atom. The van der Waals surface area contributed by atoms with Gasteiger partial charge >= 0.3 is 0 Å². The van der Waals surface area contributed by atoms with E-state index in [1.807, 2.05) is 30.3 Å². The Morgan fingerprint density at radius 1 is 0.657 bits per heavy atom. The Morgan fingerprint density at radius 2 is 1.34 bits per heavy atom. The molecular weight excluding hydrogens is 445 g/mol. The third kappa shape index (κ3) is 3.01. The summed E-state index contributed by atoms with van der Waals surface area (Å²) >= 11 is 0. The van der Waals surface area contributed by atoms with Gasteiger partial charge < -0.3 is 4.89 Å². The highest BCUT2D eigenvalue weighted by Crippen LogP contribution is 2.50. The molecule has 0 fully saturated rings. The second-order valence-corrected chi connectivity index (χ2v) is 11.6. The van der Waals surface area contributed by atoms with Gasteiger partial charge in [-0.15, -0.1) is 0 Å². The zero-order valence-corrected chi connectivity index (χ0v) is 20.6. The molecule has 0 spiro atoms. The van der Waals surface area contributed by atoms with Crippen LogP contribution < -0.4 is 4.89 Å². The van der Waals surface area contributed by atoms with Crippen molar-refractivity contribution in [2.45, 2.75) is 25.2 Å². The Hall–Kier alpha value is -3.58. The maximum Gasteiger partial charge on any atom is 0.171 e. The summed E-state index contributed by atoms with van der Waals surface area (Å²) in [5.74, 6) is 0.0920. The maximum absolute atomic E-state index is 13.3. The molecule has 0 aliphatic heterocycles. The van der Waals surface area contributed by atoms with E-state index in [0.29, 0.717) is 0 Å². The Labute approximate surface area is 205 Å². The van der Waals surface area contributed by atoms with Crippen LogP contribution in [0.15, 0.2) is 103 Å². The van der Waals surface area contributed by atoms with Crippen molar-refractivity contribution in [1.29, 1.82) is 0 Å². The van der Waals surface area contributed by atoms with Crippen molar-refractivity contribution < 1.29 is 4.89 Å². The summed E-state index contributed by atoms with van der Waals surface area (Å²) in [5.41, 5.74) is 8.13. The SMILES string of the molecule is CC1(C)c2ccccc2C(c2ccc3c(c2)nc2ccccc2[p+]3[O-])c2cc3ccccc3cc21. The quantitative estimate of drug-likeness (QED) is 0.231. The first-order valence-electron chi connectivity index (χ1n) is 12.1. The number of rotatable bonds is 1. The summed E-state index contributed by atoms with van der Waals surface area (Å²) in [5, 5.41) is 4.17. The molecule has 7 rings (SSSR count). The van der Waals surface area contributed by atoms with Crippen LogP contribution in [-0.2, 0) is 5.41 Å². The molecule has 0 bridgehead atoms. The number of aromatic nitrogens is 1. The van der Waals surface area contributed by atoms with Gasteiger partial charge in [-0.25, -0.2) is 4.98 Å². The first-order valence-corrected chi connectivity index (χ1v) is 13.3. The molecule has 1 aliphatic carbocycles. The lowest BCUT2D eigenvalue weighted by atomic mass is 9.63. The monoisotopic (exact) mass is 469 g/mol. The molecular formula is C32H24NOP. The van der Waals surface area contributed by atoms with E-state index < -0.39 is 7.76 Å². The minimum absolute atomic E-state index is 0.0920. The van der Waals surface area contributed by atoms with Crippen LogP contribution in [0, 0.1) is 0 Å². The highest BCUT2D eigenvalue weighted by Gasteiger charge is 2.38. The Bertz CT molecular complexity index is 1800. The zero-order chi connectivity index (χ0) is 23.7. The Kier molecular flexibility index (Phi) is 4.42. The average molecular weight is 470 g/mol. The molecule has 1 aliphatic rings. The van der Waals surface area contributed by atoms with E-state index in [4.69, 9.17) is 4.98 Å². The lowest BCUT2D eigenvalue weighted by Crippen LogP contribution is -2.29. The highest BCUT2D eigenvalue weighted by atomic mass is 31.1. The molecule has 1 heterocycles. The molecule has 0 saturated heterocycles. The van der Waals surface area contributed by atoms with E-state index in [-0.39, 0.29) is 11.3 Å². The van der Waals surface area contributed by atoms with Gasteiger partial charge in [0.2, 0.25) is 0 Å². The molecule has 35 heavy (non-hydrogen) atoms. The number of hydrogen-bond acceptors (Lipinski definition) is 2. The lowest BCUT2D eigenvalue weighted by molar-refractivity contribution is -0.148. The van der Waals surface area contributed by atoms with Crippen molar-refractivity contribution in [3.8, 4) is 0 Å². The molecule has 2 unspecified atom stereocenters. The number of para-hydroxylation sites is 1. The molecule has 0 N–H and O–H groups in total. The van der Waals surface area contributed by atoms with Crippen molar-refractivity contribution in [3.63, 3.8) is 0 Å². The van der Waals surface area contributed by atoms with Gasteiger partial charge in [-0.05, 0) is 75.0 Å². The van der Waals surface area contributed by atoms with Crippen LogP contribution in [-0.4, -0.2) is 4.98 Å². The van der Waals surface area contributed by atoms with E-state index in [9.17, 15) is 4.89 Å². The molecule has 0 radical (unpaired) electrons. The van der Waals surface area contributed by atoms with Crippen LogP contribution in [0.2, 0.25) is 0 Å². The van der Waals surface area contributed by atoms with E-state index >= 15 is 0 Å². The van der Waals surface area contributed by atoms with Crippen molar-refractivity contribution in [2.75, 3.05) is 0 Å². The number of nitrogens with zero attached hydrogens (tertiary/aromatic N) is 1. The summed E-state index contributed by atoms with van der Waals surface area (Å²) in [6, 6.07) is 36.3. The van der Waals surface area contributed by atoms with E-state index in [1.165, 1.54) is 38.6 Å². The third-order valence-corrected chi connectivity index (χ3v) is 9.37. The van der Waals surface area contributed by atoms with Crippen LogP contribution in [0.4, 0.5) is 0 Å². The predicted octanol–water partition coefficient (Wildman–Crippen LogP) is 7.75. The molecule has 0 amide bonds. The van der Waals surface area contributed by atoms with Crippen LogP contribution in [0.3, 0.4) is 0 Å². The smallest absolute Gasteiger partial charge is 0.171 e. The number of fused-ring (bicyclic) bond motifs is 5. The first kappa shape index (κ1) is 20.8. The molecule has 3 heteroatoms. The van der Waals surface area contributed by atoms with Gasteiger partial charge in [-0.1, -0.05) is 80.6 Å². The lowest BCUT2D eigenvalue weighted by Gasteiger charge is -2.40. The van der Waals surface area contributed by atoms with E-state index in [0.717, 1.165) is 21.3 Å². The highest BCUT2D eigenvalue weighted by molar-refractivity contribution is 7.53. The minimum Gasteiger partial charge on any atom is -0.625 e. The fourth-order valence-corrected chi connectivity index (χ4v) is 7.35. The van der Waals surface area contributed by atoms with Crippen LogP contribution >= 0.6 is 7.76 Å². The van der Waals surface area contributed by atoms with Gasteiger partial charge in [0.15, 0.2) is 10.2 Å². The standard InChI is InChI=1S/C32H24NOP/c1-32(2)25-12-6-5-11-23(25)31(24-17-20-9-3-4-10-21(20)18-26(24)32)22-15-16-30-28(19-22)33-27-13-7-8-14-29(27)35(30)34/h3-19,31H,1-2H3. The molecule has 5 aromatic carbocycles. The molecule has 1 aromatic heterocycles. The first-order chi connectivity index (χ1) is 17.0. The topological polar surface area (TPSA) is 36.0 Å². The third-order valence-electron chi connectivity index (χ3n) is 7.74. The normalized spacial score (nSPS) is 16.9. The fraction of sp³-hybridized carbons (Fsp3) is 0.125. The predicted molar refractivity (Wildman–Crippen MR) is 145 cm³/mol. The van der Waals surface area contributed by atoms with Gasteiger partial charge in [0.1, 0.15) is 18.8 Å². The molecule has 2 atom stereocenters. The van der Waals surface area contributed by atoms with Gasteiger partial charge in [0.05, 0.1) is 0 Å². The summed E-state index contributed by atoms with van der Waals surface area (Å²) in [6.45, 7) is 4.67. The second kappa shape index (κ2) is 7.46. The zero-order valence-electron chi connectivity index (χ0n) is 19.7. The average Bonchev–Trinajstić information content (AvgIpc) is 2.88. The van der Waals surface area contributed by atoms with E-state index in [1.54, 1.807) is 0 Å². The number of benzene rings is 5. The molecule has 168 valence electrons. The molecule has 0 saturated carbocycles.